The van der Waals surface area contributed by atoms with E-state index in [-0.39, 0.29) is 11.5 Å². The van der Waals surface area contributed by atoms with Gasteiger partial charge < -0.3 is 4.90 Å². The predicted molar refractivity (Wildman–Crippen MR) is 121 cm³/mol. The second-order valence-electron chi connectivity index (χ2n) is 8.27. The molecule has 0 atom stereocenters. The maximum absolute atomic E-state index is 4.60. The second-order valence-corrected chi connectivity index (χ2v) is 8.27. The van der Waals surface area contributed by atoms with E-state index in [4.69, 9.17) is 0 Å². The fourth-order valence-electron chi connectivity index (χ4n) is 4.82. The van der Waals surface area contributed by atoms with E-state index < -0.39 is 0 Å². The molecule has 1 aliphatic heterocycles. The maximum Gasteiger partial charge on any atom is 0.0951 e. The molecule has 0 fully saturated rings. The lowest BCUT2D eigenvalue weighted by Crippen LogP contribution is -2.23. The quantitative estimate of drug-likeness (QED) is 0.471. The molecule has 1 heterocycles. The number of rotatable bonds is 3. The van der Waals surface area contributed by atoms with Gasteiger partial charge in [0.05, 0.1) is 6.04 Å². The van der Waals surface area contributed by atoms with Crippen molar-refractivity contribution in [1.82, 2.24) is 5.43 Å². The van der Waals surface area contributed by atoms with Crippen LogP contribution in [-0.4, -0.2) is 13.3 Å². The van der Waals surface area contributed by atoms with Crippen molar-refractivity contribution in [2.24, 2.45) is 5.10 Å². The molecule has 0 amide bonds. The van der Waals surface area contributed by atoms with Crippen molar-refractivity contribution in [3.8, 4) is 11.1 Å². The van der Waals surface area contributed by atoms with Crippen molar-refractivity contribution in [3.05, 3.63) is 101 Å². The van der Waals surface area contributed by atoms with Crippen LogP contribution in [0, 0.1) is 0 Å². The highest BCUT2D eigenvalue weighted by atomic mass is 15.3. The van der Waals surface area contributed by atoms with Crippen LogP contribution in [0.1, 0.15) is 36.6 Å². The van der Waals surface area contributed by atoms with Crippen LogP contribution in [0.5, 0.6) is 0 Å². The normalized spacial score (nSPS) is 18.2. The minimum absolute atomic E-state index is 0.0378. The Labute approximate surface area is 172 Å². The third-order valence-corrected chi connectivity index (χ3v) is 6.28. The molecule has 5 rings (SSSR count). The van der Waals surface area contributed by atoms with Gasteiger partial charge in [0.1, 0.15) is 0 Å². The van der Waals surface area contributed by atoms with Gasteiger partial charge in [0.15, 0.2) is 0 Å². The second kappa shape index (κ2) is 6.63. The van der Waals surface area contributed by atoms with Gasteiger partial charge in [-0.3, -0.25) is 5.43 Å². The van der Waals surface area contributed by atoms with Crippen LogP contribution < -0.4 is 10.3 Å². The monoisotopic (exact) mass is 379 g/mol. The summed E-state index contributed by atoms with van der Waals surface area (Å²) in [7, 11) is 2.13. The third-order valence-electron chi connectivity index (χ3n) is 6.28. The van der Waals surface area contributed by atoms with Crippen LogP contribution in [0.2, 0.25) is 0 Å². The highest BCUT2D eigenvalue weighted by Gasteiger charge is 2.37. The first-order chi connectivity index (χ1) is 14.1. The van der Waals surface area contributed by atoms with Gasteiger partial charge in [-0.25, -0.2) is 0 Å². The Hall–Kier alpha value is -3.33. The van der Waals surface area contributed by atoms with Crippen LogP contribution in [0.4, 0.5) is 5.69 Å². The van der Waals surface area contributed by atoms with E-state index in [0.29, 0.717) is 0 Å². The molecule has 29 heavy (non-hydrogen) atoms. The molecule has 2 aliphatic rings. The minimum atomic E-state index is -0.0378. The average molecular weight is 380 g/mol. The van der Waals surface area contributed by atoms with Crippen LogP contribution >= 0.6 is 0 Å². The summed E-state index contributed by atoms with van der Waals surface area (Å²) in [6, 6.07) is 25.8. The van der Waals surface area contributed by atoms with Gasteiger partial charge in [0, 0.05) is 30.1 Å². The number of likely N-dealkylation sites (N-methyl/N-ethyl adjacent to an activating group) is 1. The molecular formula is C26H25N3. The fourth-order valence-corrected chi connectivity index (χ4v) is 4.82. The Morgan fingerprint density at radius 1 is 0.862 bits per heavy atom. The summed E-state index contributed by atoms with van der Waals surface area (Å²) < 4.78 is 0. The lowest BCUT2D eigenvalue weighted by molar-refractivity contribution is 0.639. The molecule has 3 aromatic rings. The Morgan fingerprint density at radius 3 is 2.10 bits per heavy atom. The maximum atomic E-state index is 4.60. The molecule has 0 bridgehead atoms. The van der Waals surface area contributed by atoms with Crippen molar-refractivity contribution < 1.29 is 0 Å². The molecule has 1 aliphatic carbocycles. The van der Waals surface area contributed by atoms with Gasteiger partial charge in [-0.2, -0.15) is 5.10 Å². The summed E-state index contributed by atoms with van der Waals surface area (Å²) in [6.45, 7) is 4.54. The number of hydrazone groups is 1. The number of para-hydroxylation sites is 1. The number of nitrogens with one attached hydrogen (secondary N) is 1. The standard InChI is InChI=1S/C26H25N3/c1-26(2)22-14-8-9-15-23(22)29(3)24(26)16-17-27-28-25-20-12-6-4-10-18(20)19-11-5-7-13-21(19)25/h4-17,25,28H,1-3H3/b24-16-,27-17+. The number of fused-ring (bicyclic) bond motifs is 4. The number of nitrogens with zero attached hydrogens (tertiary/aromatic N) is 2. The predicted octanol–water partition coefficient (Wildman–Crippen LogP) is 5.64. The molecule has 0 radical (unpaired) electrons. The zero-order chi connectivity index (χ0) is 20.0. The smallest absolute Gasteiger partial charge is 0.0951 e. The molecule has 144 valence electrons. The van der Waals surface area contributed by atoms with Gasteiger partial charge >= 0.3 is 0 Å². The van der Waals surface area contributed by atoms with Gasteiger partial charge in [-0.1, -0.05) is 80.6 Å². The molecule has 3 aromatic carbocycles. The lowest BCUT2D eigenvalue weighted by atomic mass is 9.84. The summed E-state index contributed by atoms with van der Waals surface area (Å²) in [6.07, 6.45) is 4.02. The minimum Gasteiger partial charge on any atom is -0.347 e. The van der Waals surface area contributed by atoms with Crippen molar-refractivity contribution in [1.29, 1.82) is 0 Å². The van der Waals surface area contributed by atoms with E-state index in [9.17, 15) is 0 Å². The van der Waals surface area contributed by atoms with E-state index in [0.717, 1.165) is 0 Å². The van der Waals surface area contributed by atoms with E-state index >= 15 is 0 Å². The topological polar surface area (TPSA) is 27.6 Å². The molecule has 0 saturated heterocycles. The van der Waals surface area contributed by atoms with Crippen molar-refractivity contribution in [2.75, 3.05) is 11.9 Å². The zero-order valence-electron chi connectivity index (χ0n) is 17.1. The number of hydrogen-bond acceptors (Lipinski definition) is 3. The van der Waals surface area contributed by atoms with E-state index in [2.05, 4.69) is 115 Å². The SMILES string of the molecule is CN1/C(=C\C=N\NC2c3ccccc3-c3ccccc32)C(C)(C)c2ccccc21. The average Bonchev–Trinajstić information content (AvgIpc) is 3.16. The molecular weight excluding hydrogens is 354 g/mol. The van der Waals surface area contributed by atoms with Crippen LogP contribution in [-0.2, 0) is 5.41 Å². The number of benzene rings is 3. The molecule has 0 spiro atoms. The molecule has 3 heteroatoms. The summed E-state index contributed by atoms with van der Waals surface area (Å²) >= 11 is 0. The summed E-state index contributed by atoms with van der Waals surface area (Å²) in [5.41, 5.74) is 12.4. The summed E-state index contributed by atoms with van der Waals surface area (Å²) in [4.78, 5) is 2.27. The molecule has 3 nitrogen and oxygen atoms in total. The number of hydrogen-bond donors (Lipinski definition) is 1. The van der Waals surface area contributed by atoms with Gasteiger partial charge in [0.25, 0.3) is 0 Å². The van der Waals surface area contributed by atoms with E-state index in [1.54, 1.807) is 0 Å². The van der Waals surface area contributed by atoms with Crippen molar-refractivity contribution in [3.63, 3.8) is 0 Å². The number of allylic oxidation sites excluding steroid dienone is 2. The Balaban J connectivity index is 1.42. The van der Waals surface area contributed by atoms with Crippen LogP contribution in [0.25, 0.3) is 11.1 Å². The van der Waals surface area contributed by atoms with E-state index in [1.807, 2.05) is 6.21 Å². The molecule has 0 unspecified atom stereocenters. The largest absolute Gasteiger partial charge is 0.347 e. The fraction of sp³-hybridized carbons (Fsp3) is 0.192. The number of anilines is 1. The highest BCUT2D eigenvalue weighted by Crippen LogP contribution is 2.46. The van der Waals surface area contributed by atoms with Crippen LogP contribution in [0.3, 0.4) is 0 Å². The molecule has 0 saturated carbocycles. The van der Waals surface area contributed by atoms with Gasteiger partial charge in [0.2, 0.25) is 0 Å². The molecule has 0 aromatic heterocycles. The van der Waals surface area contributed by atoms with Crippen LogP contribution in [0.15, 0.2) is 89.7 Å². The first kappa shape index (κ1) is 17.7. The highest BCUT2D eigenvalue weighted by molar-refractivity contribution is 5.80. The van der Waals surface area contributed by atoms with Gasteiger partial charge in [-0.05, 0) is 40.0 Å². The summed E-state index contributed by atoms with van der Waals surface area (Å²) in [5.74, 6) is 0. The first-order valence-electron chi connectivity index (χ1n) is 10.1. The lowest BCUT2D eigenvalue weighted by Gasteiger charge is -2.23. The first-order valence-corrected chi connectivity index (χ1v) is 10.1. The van der Waals surface area contributed by atoms with E-state index in [1.165, 1.54) is 39.2 Å². The zero-order valence-corrected chi connectivity index (χ0v) is 17.1. The Morgan fingerprint density at radius 2 is 1.45 bits per heavy atom. The van der Waals surface area contributed by atoms with Crippen molar-refractivity contribution >= 4 is 11.9 Å². The van der Waals surface area contributed by atoms with Crippen molar-refractivity contribution in [2.45, 2.75) is 25.3 Å². The Kier molecular flexibility index (Phi) is 4.06. The third kappa shape index (κ3) is 2.69. The summed E-state index contributed by atoms with van der Waals surface area (Å²) in [5, 5.41) is 4.60. The molecule has 1 N–H and O–H groups in total. The Bertz CT molecular complexity index is 1090. The van der Waals surface area contributed by atoms with Gasteiger partial charge in [-0.15, -0.1) is 0 Å².